The summed E-state index contributed by atoms with van der Waals surface area (Å²) in [6, 6.07) is 7.75. The number of likely N-dealkylation sites (N-methyl/N-ethyl adjacent to an activating group) is 2. The molecule has 7 atom stereocenters. The molecule has 1 saturated heterocycles. The Kier molecular flexibility index (Phi) is 15.8. The summed E-state index contributed by atoms with van der Waals surface area (Å²) in [5.41, 5.74) is 0.548. The third-order valence-electron chi connectivity index (χ3n) is 10.7. The van der Waals surface area contributed by atoms with Gasteiger partial charge in [-0.2, -0.15) is 0 Å². The average Bonchev–Trinajstić information content (AvgIpc) is 3.74. The molecule has 2 heterocycles. The second-order valence-corrected chi connectivity index (χ2v) is 15.9. The van der Waals surface area contributed by atoms with Crippen molar-refractivity contribution >= 4 is 40.9 Å². The number of aromatic nitrogens is 1. The van der Waals surface area contributed by atoms with Crippen LogP contribution in [-0.2, 0) is 30.3 Å². The summed E-state index contributed by atoms with van der Waals surface area (Å²) in [4.78, 5) is 74.6. The molecule has 0 radical (unpaired) electrons. The third-order valence-corrected chi connectivity index (χ3v) is 11.6. The summed E-state index contributed by atoms with van der Waals surface area (Å²) in [5.74, 6) is -1.86. The zero-order chi connectivity index (χ0) is 38.7. The number of hydrogen-bond acceptors (Lipinski definition) is 9. The minimum atomic E-state index is -0.713. The number of likely N-dealkylation sites (tertiary alicyclic amines) is 1. The third kappa shape index (κ3) is 11.1. The Morgan fingerprint density at radius 1 is 1.04 bits per heavy atom. The Bertz CT molecular complexity index is 1520. The van der Waals surface area contributed by atoms with Gasteiger partial charge in [-0.1, -0.05) is 71.4 Å². The zero-order valence-electron chi connectivity index (χ0n) is 32.7. The number of nitrogens with zero attached hydrogens (tertiary/aromatic N) is 3. The predicted octanol–water partition coefficient (Wildman–Crippen LogP) is 4.75. The van der Waals surface area contributed by atoms with E-state index in [0.717, 1.165) is 24.9 Å². The lowest BCUT2D eigenvalue weighted by atomic mass is 9.91. The number of methoxy groups -OCH3 is 1. The van der Waals surface area contributed by atoms with Crippen LogP contribution in [0.1, 0.15) is 108 Å². The van der Waals surface area contributed by atoms with Crippen molar-refractivity contribution < 1.29 is 28.7 Å². The fraction of sp³-hybridized carbons (Fsp3) is 0.641. The molecule has 1 aromatic carbocycles. The van der Waals surface area contributed by atoms with E-state index in [2.05, 4.69) is 20.9 Å². The van der Waals surface area contributed by atoms with Crippen LogP contribution in [0.3, 0.4) is 0 Å². The van der Waals surface area contributed by atoms with Crippen LogP contribution in [0.4, 0.5) is 0 Å². The maximum absolute atomic E-state index is 14.2. The topological polar surface area (TPSA) is 150 Å². The van der Waals surface area contributed by atoms with Gasteiger partial charge in [-0.05, 0) is 70.0 Å². The maximum Gasteiger partial charge on any atom is 0.308 e. The van der Waals surface area contributed by atoms with Crippen LogP contribution < -0.4 is 16.0 Å². The minimum absolute atomic E-state index is 0.00440. The molecule has 0 saturated carbocycles. The molecule has 13 heteroatoms. The van der Waals surface area contributed by atoms with Crippen molar-refractivity contribution in [2.45, 2.75) is 117 Å². The average molecular weight is 741 g/mol. The van der Waals surface area contributed by atoms with Gasteiger partial charge < -0.3 is 25.6 Å². The van der Waals surface area contributed by atoms with E-state index in [-0.39, 0.29) is 59.2 Å². The number of carbonyl (C=O) groups is 5. The molecule has 12 nitrogen and oxygen atoms in total. The highest BCUT2D eigenvalue weighted by molar-refractivity contribution is 7.09. The molecular formula is C39H60N6O6S. The number of carbonyl (C=O) groups excluding carboxylic acids is 5. The maximum atomic E-state index is 14.2. The molecule has 2 aromatic rings. The van der Waals surface area contributed by atoms with E-state index in [1.165, 1.54) is 25.4 Å². The van der Waals surface area contributed by atoms with Gasteiger partial charge in [0.1, 0.15) is 16.7 Å². The molecular weight excluding hydrogens is 681 g/mol. The lowest BCUT2D eigenvalue weighted by Gasteiger charge is -2.38. The van der Waals surface area contributed by atoms with Crippen molar-refractivity contribution in [3.05, 3.63) is 52.0 Å². The minimum Gasteiger partial charge on any atom is -0.469 e. The molecule has 3 rings (SSSR count). The van der Waals surface area contributed by atoms with Crippen LogP contribution in [-0.4, -0.2) is 95.8 Å². The highest BCUT2D eigenvalue weighted by atomic mass is 32.1. The van der Waals surface area contributed by atoms with Gasteiger partial charge in [0.15, 0.2) is 0 Å². The molecule has 3 N–H and O–H groups in total. The van der Waals surface area contributed by atoms with E-state index < -0.39 is 23.5 Å². The molecule has 52 heavy (non-hydrogen) atoms. The van der Waals surface area contributed by atoms with Crippen LogP contribution in [0, 0.1) is 17.8 Å². The van der Waals surface area contributed by atoms with E-state index >= 15 is 0 Å². The van der Waals surface area contributed by atoms with E-state index in [1.807, 2.05) is 76.9 Å². The molecule has 4 amide bonds. The SMILES string of the molecule is CC[C@H](C)[C@H](NC(=O)[C@@]1(C)CCCN1C)C(=O)N(C)[C@H](C[C@@H](NC(C)=O)c1nc(C(=O)N[C@@H](Cc2ccccc2)C[C@H](C)C(=O)OC)cs1)C(C)C. The lowest BCUT2D eigenvalue weighted by molar-refractivity contribution is -0.145. The molecule has 0 spiro atoms. The Labute approximate surface area is 313 Å². The van der Waals surface area contributed by atoms with Gasteiger partial charge in [-0.15, -0.1) is 11.3 Å². The Morgan fingerprint density at radius 2 is 1.71 bits per heavy atom. The van der Waals surface area contributed by atoms with Crippen molar-refractivity contribution in [3.63, 3.8) is 0 Å². The molecule has 0 bridgehead atoms. The quantitative estimate of drug-likeness (QED) is 0.186. The molecule has 288 valence electrons. The summed E-state index contributed by atoms with van der Waals surface area (Å²) in [7, 11) is 5.05. The van der Waals surface area contributed by atoms with Crippen LogP contribution in [0.25, 0.3) is 0 Å². The summed E-state index contributed by atoms with van der Waals surface area (Å²) < 4.78 is 4.93. The Morgan fingerprint density at radius 3 is 2.27 bits per heavy atom. The first-order valence-corrected chi connectivity index (χ1v) is 19.3. The van der Waals surface area contributed by atoms with E-state index in [0.29, 0.717) is 30.7 Å². The highest BCUT2D eigenvalue weighted by Gasteiger charge is 2.44. The first-order chi connectivity index (χ1) is 24.5. The molecule has 1 aliphatic heterocycles. The van der Waals surface area contributed by atoms with Gasteiger partial charge in [0.05, 0.1) is 24.6 Å². The fourth-order valence-corrected chi connectivity index (χ4v) is 7.82. The first kappa shape index (κ1) is 42.6. The normalized spacial score (nSPS) is 19.5. The van der Waals surface area contributed by atoms with Gasteiger partial charge in [0, 0.05) is 31.4 Å². The predicted molar refractivity (Wildman–Crippen MR) is 204 cm³/mol. The number of benzene rings is 1. The second kappa shape index (κ2) is 19.3. The van der Waals surface area contributed by atoms with Crippen LogP contribution >= 0.6 is 11.3 Å². The van der Waals surface area contributed by atoms with Crippen molar-refractivity contribution in [2.75, 3.05) is 27.7 Å². The standard InChI is InChI=1S/C39H60N6O6S/c1-11-25(4)33(43-38(50)39(7)18-15-19-44(39)8)36(48)45(9)32(24(2)3)22-30(40-27(6)46)35-42-31(23-52-35)34(47)41-29(20-26(5)37(49)51-10)21-28-16-13-12-14-17-28/h12-14,16-17,23-26,29-30,32-33H,11,15,18-22H2,1-10H3,(H,40,46)(H,41,47)(H,43,50)/t25-,26-,29+,30+,32+,33-,39+/m0/s1. The number of hydrogen-bond donors (Lipinski definition) is 3. The first-order valence-electron chi connectivity index (χ1n) is 18.5. The van der Waals surface area contributed by atoms with Crippen molar-refractivity contribution in [3.8, 4) is 0 Å². The molecule has 0 aliphatic carbocycles. The Hall–Kier alpha value is -3.84. The van der Waals surface area contributed by atoms with E-state index in [4.69, 9.17) is 4.74 Å². The van der Waals surface area contributed by atoms with Gasteiger partial charge >= 0.3 is 5.97 Å². The highest BCUT2D eigenvalue weighted by Crippen LogP contribution is 2.30. The summed E-state index contributed by atoms with van der Waals surface area (Å²) in [6.07, 6.45) is 3.60. The monoisotopic (exact) mass is 740 g/mol. The smallest absolute Gasteiger partial charge is 0.308 e. The van der Waals surface area contributed by atoms with Gasteiger partial charge in [0.2, 0.25) is 17.7 Å². The fourth-order valence-electron chi connectivity index (χ4n) is 6.96. The molecule has 0 unspecified atom stereocenters. The van der Waals surface area contributed by atoms with Crippen LogP contribution in [0.2, 0.25) is 0 Å². The van der Waals surface area contributed by atoms with Gasteiger partial charge in [-0.25, -0.2) is 4.98 Å². The Balaban J connectivity index is 1.83. The number of ether oxygens (including phenoxy) is 1. The van der Waals surface area contributed by atoms with Crippen molar-refractivity contribution in [2.24, 2.45) is 17.8 Å². The van der Waals surface area contributed by atoms with Crippen LogP contribution in [0.15, 0.2) is 35.7 Å². The van der Waals surface area contributed by atoms with Crippen molar-refractivity contribution in [1.82, 2.24) is 30.7 Å². The van der Waals surface area contributed by atoms with E-state index in [1.54, 1.807) is 24.3 Å². The number of nitrogens with one attached hydrogen (secondary N) is 3. The largest absolute Gasteiger partial charge is 0.469 e. The summed E-state index contributed by atoms with van der Waals surface area (Å²) >= 11 is 1.27. The molecule has 1 aromatic heterocycles. The van der Waals surface area contributed by atoms with Crippen LogP contribution in [0.5, 0.6) is 0 Å². The van der Waals surface area contributed by atoms with Gasteiger partial charge in [-0.3, -0.25) is 28.9 Å². The zero-order valence-corrected chi connectivity index (χ0v) is 33.5. The van der Waals surface area contributed by atoms with Gasteiger partial charge in [0.25, 0.3) is 5.91 Å². The number of rotatable bonds is 18. The van der Waals surface area contributed by atoms with Crippen molar-refractivity contribution in [1.29, 1.82) is 0 Å². The number of amides is 4. The number of esters is 1. The summed E-state index contributed by atoms with van der Waals surface area (Å²) in [6.45, 7) is 14.0. The molecule has 1 fully saturated rings. The molecule has 1 aliphatic rings. The summed E-state index contributed by atoms with van der Waals surface area (Å²) in [5, 5.41) is 11.4. The van der Waals surface area contributed by atoms with E-state index in [9.17, 15) is 24.0 Å². The second-order valence-electron chi connectivity index (χ2n) is 15.0. The lowest BCUT2D eigenvalue weighted by Crippen LogP contribution is -2.60. The number of thiazole rings is 1.